The molecule has 5 heteroatoms. The van der Waals surface area contributed by atoms with E-state index in [1.54, 1.807) is 0 Å². The lowest BCUT2D eigenvalue weighted by Crippen LogP contribution is -1.98. The van der Waals surface area contributed by atoms with Crippen LogP contribution in [-0.4, -0.2) is 21.0 Å². The number of rotatable bonds is 4. The first kappa shape index (κ1) is 12.8. The summed E-state index contributed by atoms with van der Waals surface area (Å²) in [7, 11) is 0. The summed E-state index contributed by atoms with van der Waals surface area (Å²) >= 11 is 3.43. The van der Waals surface area contributed by atoms with Gasteiger partial charge in [0.15, 0.2) is 0 Å². The number of halogens is 1. The first-order valence-electron chi connectivity index (χ1n) is 5.60. The van der Waals surface area contributed by atoms with Crippen molar-refractivity contribution >= 4 is 21.9 Å². The second-order valence-corrected chi connectivity index (χ2v) is 4.85. The lowest BCUT2D eigenvalue weighted by atomic mass is 10.1. The number of H-pyrrole nitrogens is 1. The van der Waals surface area contributed by atoms with E-state index in [1.165, 1.54) is 0 Å². The van der Waals surface area contributed by atoms with Gasteiger partial charge in [-0.1, -0.05) is 24.3 Å². The highest BCUT2D eigenvalue weighted by Crippen LogP contribution is 2.28. The molecule has 0 amide bonds. The summed E-state index contributed by atoms with van der Waals surface area (Å²) < 4.78 is 0.789. The highest BCUT2D eigenvalue weighted by Gasteiger charge is 2.12. The van der Waals surface area contributed by atoms with Crippen molar-refractivity contribution in [2.45, 2.75) is 19.8 Å². The fourth-order valence-corrected chi connectivity index (χ4v) is 2.29. The lowest BCUT2D eigenvalue weighted by Gasteiger charge is -2.01. The van der Waals surface area contributed by atoms with Crippen molar-refractivity contribution in [2.24, 2.45) is 0 Å². The summed E-state index contributed by atoms with van der Waals surface area (Å²) in [5, 5.41) is 8.66. The number of imidazole rings is 1. The summed E-state index contributed by atoms with van der Waals surface area (Å²) in [6.07, 6.45) is 0.479. The van der Waals surface area contributed by atoms with Crippen molar-refractivity contribution in [2.75, 3.05) is 0 Å². The first-order chi connectivity index (χ1) is 8.58. The number of carboxylic acids is 1. The van der Waals surface area contributed by atoms with Gasteiger partial charge >= 0.3 is 5.97 Å². The molecule has 0 atom stereocenters. The Morgan fingerprint density at radius 1 is 1.44 bits per heavy atom. The second-order valence-electron chi connectivity index (χ2n) is 4.05. The Balaban J connectivity index is 2.30. The van der Waals surface area contributed by atoms with E-state index in [4.69, 9.17) is 5.11 Å². The van der Waals surface area contributed by atoms with Gasteiger partial charge in [-0.25, -0.2) is 4.98 Å². The van der Waals surface area contributed by atoms with Crippen molar-refractivity contribution in [3.8, 4) is 11.3 Å². The fourth-order valence-electron chi connectivity index (χ4n) is 1.76. The Bertz CT molecular complexity index is 578. The zero-order valence-electron chi connectivity index (χ0n) is 9.90. The monoisotopic (exact) mass is 308 g/mol. The van der Waals surface area contributed by atoms with Gasteiger partial charge in [0.05, 0.1) is 6.42 Å². The SMILES string of the molecule is Cc1ccccc1-c1nc(CCC(=O)O)[nH]c1Br. The highest BCUT2D eigenvalue weighted by atomic mass is 79.9. The lowest BCUT2D eigenvalue weighted by molar-refractivity contribution is -0.137. The van der Waals surface area contributed by atoms with Crippen LogP contribution in [-0.2, 0) is 11.2 Å². The minimum atomic E-state index is -0.819. The maximum Gasteiger partial charge on any atom is 0.303 e. The van der Waals surface area contributed by atoms with Crippen LogP contribution in [0.1, 0.15) is 17.8 Å². The molecule has 0 aliphatic carbocycles. The van der Waals surface area contributed by atoms with Gasteiger partial charge in [0, 0.05) is 12.0 Å². The van der Waals surface area contributed by atoms with E-state index in [0.717, 1.165) is 21.4 Å². The normalized spacial score (nSPS) is 10.6. The molecule has 18 heavy (non-hydrogen) atoms. The first-order valence-corrected chi connectivity index (χ1v) is 6.39. The summed E-state index contributed by atoms with van der Waals surface area (Å²) in [4.78, 5) is 18.1. The minimum Gasteiger partial charge on any atom is -0.481 e. The molecule has 0 saturated heterocycles. The molecule has 0 radical (unpaired) electrons. The maximum atomic E-state index is 10.5. The Hall–Kier alpha value is -1.62. The third-order valence-electron chi connectivity index (χ3n) is 2.68. The number of nitrogens with zero attached hydrogens (tertiary/aromatic N) is 1. The van der Waals surface area contributed by atoms with Crippen LogP contribution in [0.4, 0.5) is 0 Å². The molecule has 94 valence electrons. The molecule has 2 N–H and O–H groups in total. The molecule has 1 heterocycles. The van der Waals surface area contributed by atoms with Gasteiger partial charge in [-0.05, 0) is 28.4 Å². The van der Waals surface area contributed by atoms with E-state index in [9.17, 15) is 4.79 Å². The molecular weight excluding hydrogens is 296 g/mol. The number of carboxylic acid groups (broad SMARTS) is 1. The number of hydrogen-bond acceptors (Lipinski definition) is 2. The smallest absolute Gasteiger partial charge is 0.303 e. The number of aromatic amines is 1. The van der Waals surface area contributed by atoms with Gasteiger partial charge < -0.3 is 10.1 Å². The van der Waals surface area contributed by atoms with Crippen molar-refractivity contribution in [1.29, 1.82) is 0 Å². The molecule has 0 saturated carbocycles. The summed E-state index contributed by atoms with van der Waals surface area (Å²) in [5.74, 6) is -0.137. The van der Waals surface area contributed by atoms with E-state index in [0.29, 0.717) is 12.2 Å². The van der Waals surface area contributed by atoms with Gasteiger partial charge in [0.2, 0.25) is 0 Å². The third-order valence-corrected chi connectivity index (χ3v) is 3.26. The van der Waals surface area contributed by atoms with Crippen molar-refractivity contribution in [1.82, 2.24) is 9.97 Å². The van der Waals surface area contributed by atoms with E-state index in [-0.39, 0.29) is 6.42 Å². The molecule has 4 nitrogen and oxygen atoms in total. The van der Waals surface area contributed by atoms with Crippen molar-refractivity contribution in [3.05, 3.63) is 40.3 Å². The standard InChI is InChI=1S/C13H13BrN2O2/c1-8-4-2-3-5-9(8)12-13(14)16-10(15-12)6-7-11(17)18/h2-5H,6-7H2,1H3,(H,15,16)(H,17,18). The van der Waals surface area contributed by atoms with Crippen LogP contribution in [0.2, 0.25) is 0 Å². The number of benzene rings is 1. The number of aliphatic carboxylic acids is 1. The molecule has 0 fully saturated rings. The van der Waals surface area contributed by atoms with Crippen LogP contribution in [0, 0.1) is 6.92 Å². The third kappa shape index (κ3) is 2.79. The molecule has 0 unspecified atom stereocenters. The minimum absolute atomic E-state index is 0.0766. The van der Waals surface area contributed by atoms with Gasteiger partial charge in [0.25, 0.3) is 0 Å². The van der Waals surface area contributed by atoms with Crippen LogP contribution in [0.5, 0.6) is 0 Å². The second kappa shape index (κ2) is 5.35. The fraction of sp³-hybridized carbons (Fsp3) is 0.231. The predicted molar refractivity (Wildman–Crippen MR) is 72.4 cm³/mol. The zero-order valence-corrected chi connectivity index (χ0v) is 11.5. The van der Waals surface area contributed by atoms with Crippen molar-refractivity contribution < 1.29 is 9.90 Å². The number of nitrogens with one attached hydrogen (secondary N) is 1. The largest absolute Gasteiger partial charge is 0.481 e. The molecular formula is C13H13BrN2O2. The molecule has 1 aromatic carbocycles. The molecule has 0 aliphatic heterocycles. The average Bonchev–Trinajstić information content (AvgIpc) is 2.69. The molecule has 0 aliphatic rings. The Morgan fingerprint density at radius 3 is 2.83 bits per heavy atom. The van der Waals surface area contributed by atoms with Gasteiger partial charge in [-0.15, -0.1) is 0 Å². The highest BCUT2D eigenvalue weighted by molar-refractivity contribution is 9.10. The van der Waals surface area contributed by atoms with Crippen LogP contribution in [0.3, 0.4) is 0 Å². The molecule has 1 aromatic heterocycles. The molecule has 2 rings (SSSR count). The van der Waals surface area contributed by atoms with E-state index < -0.39 is 5.97 Å². The maximum absolute atomic E-state index is 10.5. The predicted octanol–water partition coefficient (Wildman–Crippen LogP) is 3.16. The number of aromatic nitrogens is 2. The van der Waals surface area contributed by atoms with Crippen LogP contribution >= 0.6 is 15.9 Å². The quantitative estimate of drug-likeness (QED) is 0.911. The summed E-state index contributed by atoms with van der Waals surface area (Å²) in [6.45, 7) is 2.02. The molecule has 2 aromatic rings. The van der Waals surface area contributed by atoms with Crippen molar-refractivity contribution in [3.63, 3.8) is 0 Å². The zero-order chi connectivity index (χ0) is 13.1. The summed E-state index contributed by atoms with van der Waals surface area (Å²) in [5.41, 5.74) is 3.00. The van der Waals surface area contributed by atoms with Gasteiger partial charge in [0.1, 0.15) is 16.1 Å². The molecule has 0 bridgehead atoms. The Kier molecular flexibility index (Phi) is 3.81. The number of aryl methyl sites for hydroxylation is 2. The van der Waals surface area contributed by atoms with Gasteiger partial charge in [-0.2, -0.15) is 0 Å². The van der Waals surface area contributed by atoms with E-state index in [1.807, 2.05) is 31.2 Å². The van der Waals surface area contributed by atoms with Crippen LogP contribution in [0.15, 0.2) is 28.9 Å². The Labute approximate surface area is 113 Å². The van der Waals surface area contributed by atoms with E-state index >= 15 is 0 Å². The van der Waals surface area contributed by atoms with E-state index in [2.05, 4.69) is 25.9 Å². The van der Waals surface area contributed by atoms with Gasteiger partial charge in [-0.3, -0.25) is 4.79 Å². The summed E-state index contributed by atoms with van der Waals surface area (Å²) in [6, 6.07) is 7.95. The topological polar surface area (TPSA) is 66.0 Å². The number of carbonyl (C=O) groups is 1. The molecule has 0 spiro atoms. The number of hydrogen-bond donors (Lipinski definition) is 2. The van der Waals surface area contributed by atoms with Crippen LogP contribution < -0.4 is 0 Å². The average molecular weight is 309 g/mol. The Morgan fingerprint density at radius 2 is 2.17 bits per heavy atom. The van der Waals surface area contributed by atoms with Crippen LogP contribution in [0.25, 0.3) is 11.3 Å².